The van der Waals surface area contributed by atoms with Crippen molar-refractivity contribution in [2.45, 2.75) is 43.2 Å². The Morgan fingerprint density at radius 2 is 1.92 bits per heavy atom. The molecule has 0 N–H and O–H groups in total. The van der Waals surface area contributed by atoms with Crippen molar-refractivity contribution in [2.24, 2.45) is 0 Å². The number of para-hydroxylation sites is 1. The maximum Gasteiger partial charge on any atom is 0.284 e. The average Bonchev–Trinajstić information content (AvgIpc) is 3.04. The summed E-state index contributed by atoms with van der Waals surface area (Å²) in [6.07, 6.45) is 7.58. The van der Waals surface area contributed by atoms with Gasteiger partial charge in [-0.25, -0.2) is 9.37 Å². The van der Waals surface area contributed by atoms with Crippen molar-refractivity contribution in [2.75, 3.05) is 6.26 Å². The van der Waals surface area contributed by atoms with E-state index in [9.17, 15) is 13.3 Å². The second-order valence-electron chi connectivity index (χ2n) is 6.52. The summed E-state index contributed by atoms with van der Waals surface area (Å²) < 4.78 is 41.8. The van der Waals surface area contributed by atoms with E-state index in [1.165, 1.54) is 18.7 Å². The summed E-state index contributed by atoms with van der Waals surface area (Å²) in [7, 11) is 0. The Hall–Kier alpha value is -2.06. The lowest BCUT2D eigenvalue weighted by atomic mass is 9.95. The van der Waals surface area contributed by atoms with E-state index >= 15 is 0 Å². The highest BCUT2D eigenvalue weighted by atomic mass is 32.2. The molecule has 4 rings (SSSR count). The Labute approximate surface area is 152 Å². The van der Waals surface area contributed by atoms with Crippen LogP contribution in [0.4, 0.5) is 8.78 Å². The summed E-state index contributed by atoms with van der Waals surface area (Å²) in [5.74, 6) is -0.924. The van der Waals surface area contributed by atoms with Crippen molar-refractivity contribution in [1.29, 1.82) is 0 Å². The second-order valence-corrected chi connectivity index (χ2v) is 7.82. The van der Waals surface area contributed by atoms with Crippen LogP contribution in [0.2, 0.25) is 0 Å². The minimum Gasteiger partial charge on any atom is -0.610 e. The molecule has 0 saturated heterocycles. The second kappa shape index (κ2) is 6.92. The van der Waals surface area contributed by atoms with Crippen LogP contribution < -0.4 is 0 Å². The van der Waals surface area contributed by atoms with E-state index in [4.69, 9.17) is 0 Å². The lowest BCUT2D eigenvalue weighted by Gasteiger charge is -2.22. The molecule has 5 nitrogen and oxygen atoms in total. The summed E-state index contributed by atoms with van der Waals surface area (Å²) in [4.78, 5) is 8.11. The number of hydrogen-bond acceptors (Lipinski definition) is 4. The van der Waals surface area contributed by atoms with E-state index < -0.39 is 17.0 Å². The van der Waals surface area contributed by atoms with Gasteiger partial charge in [-0.15, -0.1) is 0 Å². The molecule has 1 unspecified atom stereocenters. The largest absolute Gasteiger partial charge is 0.610 e. The number of hydrogen-bond donors (Lipinski definition) is 0. The van der Waals surface area contributed by atoms with Gasteiger partial charge in [-0.1, -0.05) is 31.4 Å². The van der Waals surface area contributed by atoms with Crippen LogP contribution in [0.25, 0.3) is 22.4 Å². The summed E-state index contributed by atoms with van der Waals surface area (Å²) >= 11 is -1.59. The van der Waals surface area contributed by atoms with E-state index in [0.29, 0.717) is 16.6 Å². The fourth-order valence-electron chi connectivity index (χ4n) is 3.57. The first kappa shape index (κ1) is 17.4. The quantitative estimate of drug-likeness (QED) is 0.512. The van der Waals surface area contributed by atoms with E-state index in [1.807, 2.05) is 0 Å². The number of aromatic nitrogens is 4. The number of halogens is 2. The third-order valence-electron chi connectivity index (χ3n) is 4.80. The van der Waals surface area contributed by atoms with Crippen LogP contribution in [0, 0.1) is 11.6 Å². The zero-order valence-electron chi connectivity index (χ0n) is 14.3. The monoisotopic (exact) mass is 376 g/mol. The van der Waals surface area contributed by atoms with E-state index in [1.54, 1.807) is 16.8 Å². The van der Waals surface area contributed by atoms with Gasteiger partial charge in [0.1, 0.15) is 23.3 Å². The Balaban J connectivity index is 1.91. The molecule has 1 aliphatic rings. The fraction of sp³-hybridized carbons (Fsp3) is 0.389. The van der Waals surface area contributed by atoms with Gasteiger partial charge in [-0.05, 0) is 18.9 Å². The molecule has 136 valence electrons. The van der Waals surface area contributed by atoms with E-state index in [2.05, 4.69) is 15.1 Å². The van der Waals surface area contributed by atoms with Crippen molar-refractivity contribution in [1.82, 2.24) is 19.7 Å². The zero-order chi connectivity index (χ0) is 18.3. The molecule has 2 heterocycles. The summed E-state index contributed by atoms with van der Waals surface area (Å²) in [6, 6.07) is 4.90. The van der Waals surface area contributed by atoms with Gasteiger partial charge in [0.2, 0.25) is 5.82 Å². The van der Waals surface area contributed by atoms with E-state index in [0.717, 1.165) is 31.9 Å². The number of fused-ring (bicyclic) bond motifs is 1. The summed E-state index contributed by atoms with van der Waals surface area (Å²) in [6.45, 7) is 0. The first-order valence-corrected chi connectivity index (χ1v) is 10.1. The average molecular weight is 376 g/mol. The molecule has 1 saturated carbocycles. The fourth-order valence-corrected chi connectivity index (χ4v) is 4.12. The van der Waals surface area contributed by atoms with Crippen molar-refractivity contribution in [3.63, 3.8) is 0 Å². The Morgan fingerprint density at radius 3 is 2.65 bits per heavy atom. The highest BCUT2D eigenvalue weighted by Crippen LogP contribution is 2.35. The Kier molecular flexibility index (Phi) is 4.62. The van der Waals surface area contributed by atoms with Gasteiger partial charge in [0, 0.05) is 16.6 Å². The van der Waals surface area contributed by atoms with Crippen molar-refractivity contribution in [3.05, 3.63) is 36.0 Å². The van der Waals surface area contributed by atoms with Gasteiger partial charge >= 0.3 is 0 Å². The normalized spacial score (nSPS) is 16.9. The predicted molar refractivity (Wildman–Crippen MR) is 95.1 cm³/mol. The molecule has 1 atom stereocenters. The van der Waals surface area contributed by atoms with Gasteiger partial charge in [0.15, 0.2) is 5.82 Å². The van der Waals surface area contributed by atoms with Crippen LogP contribution in [0.3, 0.4) is 0 Å². The smallest absolute Gasteiger partial charge is 0.284 e. The highest BCUT2D eigenvalue weighted by Gasteiger charge is 2.25. The predicted octanol–water partition coefficient (Wildman–Crippen LogP) is 4.01. The lowest BCUT2D eigenvalue weighted by molar-refractivity contribution is 0.335. The zero-order valence-corrected chi connectivity index (χ0v) is 15.1. The Bertz CT molecular complexity index is 954. The number of benzene rings is 1. The van der Waals surface area contributed by atoms with Crippen LogP contribution in [-0.2, 0) is 11.2 Å². The van der Waals surface area contributed by atoms with Gasteiger partial charge < -0.3 is 4.55 Å². The topological polar surface area (TPSA) is 66.7 Å². The first-order valence-electron chi connectivity index (χ1n) is 8.59. The molecule has 0 aliphatic heterocycles. The molecule has 0 radical (unpaired) electrons. The molecule has 1 fully saturated rings. The molecule has 8 heteroatoms. The van der Waals surface area contributed by atoms with Crippen molar-refractivity contribution >= 4 is 22.1 Å². The minimum absolute atomic E-state index is 0.122. The maximum atomic E-state index is 14.6. The molecule has 3 aromatic rings. The minimum atomic E-state index is -1.59. The van der Waals surface area contributed by atoms with Crippen LogP contribution in [0.1, 0.15) is 38.1 Å². The Morgan fingerprint density at radius 1 is 1.15 bits per heavy atom. The van der Waals surface area contributed by atoms with Gasteiger partial charge in [0.05, 0.1) is 12.2 Å². The van der Waals surface area contributed by atoms with Crippen LogP contribution in [0.15, 0.2) is 29.4 Å². The molecule has 0 spiro atoms. The number of nitrogens with zero attached hydrogens (tertiary/aromatic N) is 4. The molecular weight excluding hydrogens is 358 g/mol. The standard InChI is InChI=1S/C18H18F2N4OS/c1-26(25)18-14(20)10-21-17(22-18)15-12-8-5-9-13(19)16(12)24(23-15)11-6-3-2-4-7-11/h5,8-11H,2-4,6-7H2,1H3. The number of rotatable bonds is 3. The van der Waals surface area contributed by atoms with Gasteiger partial charge in [-0.3, -0.25) is 4.68 Å². The van der Waals surface area contributed by atoms with Crippen molar-refractivity contribution in [3.8, 4) is 11.5 Å². The molecule has 1 aromatic carbocycles. The molecular formula is C18H18F2N4OS. The maximum absolute atomic E-state index is 14.6. The molecule has 26 heavy (non-hydrogen) atoms. The molecule has 0 bridgehead atoms. The summed E-state index contributed by atoms with van der Waals surface area (Å²) in [5, 5.41) is 5.01. The third-order valence-corrected chi connectivity index (χ3v) is 5.63. The lowest BCUT2D eigenvalue weighted by Crippen LogP contribution is -2.14. The molecule has 2 aromatic heterocycles. The van der Waals surface area contributed by atoms with Crippen LogP contribution >= 0.6 is 0 Å². The van der Waals surface area contributed by atoms with Gasteiger partial charge in [0.25, 0.3) is 5.03 Å². The first-order chi connectivity index (χ1) is 12.6. The summed E-state index contributed by atoms with van der Waals surface area (Å²) in [5.41, 5.74) is 0.804. The van der Waals surface area contributed by atoms with Crippen molar-refractivity contribution < 1.29 is 13.3 Å². The van der Waals surface area contributed by atoms with Crippen LogP contribution in [-0.4, -0.2) is 30.6 Å². The van der Waals surface area contributed by atoms with E-state index in [-0.39, 0.29) is 22.7 Å². The third kappa shape index (κ3) is 2.97. The van der Waals surface area contributed by atoms with Crippen LogP contribution in [0.5, 0.6) is 0 Å². The molecule has 0 amide bonds. The highest BCUT2D eigenvalue weighted by molar-refractivity contribution is 7.90. The van der Waals surface area contributed by atoms with Gasteiger partial charge in [-0.2, -0.15) is 14.5 Å². The SMILES string of the molecule is C[S+]([O-])c1nc(-c2nn(C3CCCCC3)c3c(F)cccc23)ncc1F. The molecule has 1 aliphatic carbocycles.